The zero-order chi connectivity index (χ0) is 14.4. The molecule has 1 aliphatic rings. The molecule has 4 nitrogen and oxygen atoms in total. The number of hydrogen-bond donors (Lipinski definition) is 1. The molecule has 1 fully saturated rings. The number of benzene rings is 1. The maximum Gasteiger partial charge on any atom is 0.223 e. The number of piperazine rings is 1. The molecule has 0 aliphatic carbocycles. The Kier molecular flexibility index (Phi) is 5.68. The van der Waals surface area contributed by atoms with Crippen molar-refractivity contribution in [3.05, 3.63) is 29.3 Å². The Morgan fingerprint density at radius 3 is 2.70 bits per heavy atom. The zero-order valence-corrected chi connectivity index (χ0v) is 12.7. The van der Waals surface area contributed by atoms with Crippen molar-refractivity contribution in [3.63, 3.8) is 0 Å². The van der Waals surface area contributed by atoms with Crippen molar-refractivity contribution in [2.24, 2.45) is 0 Å². The van der Waals surface area contributed by atoms with Gasteiger partial charge in [0, 0.05) is 49.9 Å². The number of nitrogens with one attached hydrogen (secondary N) is 1. The molecule has 0 atom stereocenters. The number of amides is 1. The lowest BCUT2D eigenvalue weighted by Gasteiger charge is -2.36. The zero-order valence-electron chi connectivity index (χ0n) is 11.9. The number of carbonyl (C=O) groups is 1. The molecule has 0 unspecified atom stereocenters. The summed E-state index contributed by atoms with van der Waals surface area (Å²) in [5.74, 6) is 0.247. The third kappa shape index (κ3) is 4.12. The van der Waals surface area contributed by atoms with Crippen molar-refractivity contribution in [1.82, 2.24) is 10.2 Å². The van der Waals surface area contributed by atoms with Crippen LogP contribution in [0.2, 0.25) is 5.02 Å². The Bertz CT molecular complexity index is 444. The smallest absolute Gasteiger partial charge is 0.223 e. The van der Waals surface area contributed by atoms with Gasteiger partial charge in [0.25, 0.3) is 0 Å². The Hall–Kier alpha value is -1.26. The molecule has 20 heavy (non-hydrogen) atoms. The van der Waals surface area contributed by atoms with Gasteiger partial charge in [-0.1, -0.05) is 24.6 Å². The maximum atomic E-state index is 12.0. The van der Waals surface area contributed by atoms with Crippen molar-refractivity contribution in [2.45, 2.75) is 13.3 Å². The molecule has 0 radical (unpaired) electrons. The van der Waals surface area contributed by atoms with Crippen LogP contribution in [0.1, 0.15) is 13.3 Å². The van der Waals surface area contributed by atoms with E-state index in [1.54, 1.807) is 0 Å². The van der Waals surface area contributed by atoms with Gasteiger partial charge in [-0.3, -0.25) is 4.79 Å². The molecule has 1 N–H and O–H groups in total. The molecule has 0 saturated carbocycles. The summed E-state index contributed by atoms with van der Waals surface area (Å²) in [7, 11) is 0. The third-order valence-corrected chi connectivity index (χ3v) is 3.81. The van der Waals surface area contributed by atoms with E-state index in [9.17, 15) is 4.79 Å². The second-order valence-electron chi connectivity index (χ2n) is 4.95. The summed E-state index contributed by atoms with van der Waals surface area (Å²) in [6.45, 7) is 7.05. The van der Waals surface area contributed by atoms with Crippen molar-refractivity contribution in [2.75, 3.05) is 44.2 Å². The van der Waals surface area contributed by atoms with Gasteiger partial charge in [-0.25, -0.2) is 0 Å². The van der Waals surface area contributed by atoms with E-state index in [0.717, 1.165) is 50.0 Å². The second-order valence-corrected chi connectivity index (χ2v) is 5.39. The van der Waals surface area contributed by atoms with Crippen LogP contribution in [0.25, 0.3) is 0 Å². The fourth-order valence-electron chi connectivity index (χ4n) is 2.42. The highest BCUT2D eigenvalue weighted by atomic mass is 35.5. The SMILES string of the molecule is CCNCCC(=O)N1CCN(c2cccc(Cl)c2)CC1. The van der Waals surface area contributed by atoms with Gasteiger partial charge in [-0.05, 0) is 24.7 Å². The number of nitrogens with zero attached hydrogens (tertiary/aromatic N) is 2. The minimum atomic E-state index is 0.247. The van der Waals surface area contributed by atoms with Crippen molar-refractivity contribution < 1.29 is 4.79 Å². The third-order valence-electron chi connectivity index (χ3n) is 3.57. The molecule has 1 aliphatic heterocycles. The number of anilines is 1. The van der Waals surface area contributed by atoms with E-state index in [2.05, 4.69) is 16.3 Å². The van der Waals surface area contributed by atoms with Crippen molar-refractivity contribution in [3.8, 4) is 0 Å². The van der Waals surface area contributed by atoms with Crippen LogP contribution in [0.4, 0.5) is 5.69 Å². The van der Waals surface area contributed by atoms with Crippen LogP contribution in [-0.2, 0) is 4.79 Å². The van der Waals surface area contributed by atoms with Gasteiger partial charge >= 0.3 is 0 Å². The molecule has 0 bridgehead atoms. The van der Waals surface area contributed by atoms with Gasteiger partial charge in [0.1, 0.15) is 0 Å². The van der Waals surface area contributed by atoms with Crippen LogP contribution in [-0.4, -0.2) is 50.1 Å². The number of halogens is 1. The first-order chi connectivity index (χ1) is 9.70. The lowest BCUT2D eigenvalue weighted by atomic mass is 10.2. The van der Waals surface area contributed by atoms with Crippen LogP contribution < -0.4 is 10.2 Å². The molecule has 1 aromatic rings. The molecule has 1 saturated heterocycles. The summed E-state index contributed by atoms with van der Waals surface area (Å²) >= 11 is 6.02. The second kappa shape index (κ2) is 7.50. The summed E-state index contributed by atoms with van der Waals surface area (Å²) in [5.41, 5.74) is 1.14. The van der Waals surface area contributed by atoms with Crippen molar-refractivity contribution in [1.29, 1.82) is 0 Å². The van der Waals surface area contributed by atoms with Gasteiger partial charge in [-0.2, -0.15) is 0 Å². The standard InChI is InChI=1S/C15H22ClN3O/c1-2-17-7-6-15(20)19-10-8-18(9-11-19)14-5-3-4-13(16)12-14/h3-5,12,17H,2,6-11H2,1H3. The predicted octanol–water partition coefficient (Wildman–Crippen LogP) is 1.99. The van der Waals surface area contributed by atoms with E-state index < -0.39 is 0 Å². The first-order valence-electron chi connectivity index (χ1n) is 7.19. The monoisotopic (exact) mass is 295 g/mol. The molecular formula is C15H22ClN3O. The van der Waals surface area contributed by atoms with Gasteiger partial charge in [0.2, 0.25) is 5.91 Å². The van der Waals surface area contributed by atoms with Crippen LogP contribution in [0.3, 0.4) is 0 Å². The molecule has 110 valence electrons. The lowest BCUT2D eigenvalue weighted by molar-refractivity contribution is -0.131. The molecule has 1 aromatic carbocycles. The van der Waals surface area contributed by atoms with E-state index in [1.165, 1.54) is 0 Å². The van der Waals surface area contributed by atoms with Crippen LogP contribution in [0.5, 0.6) is 0 Å². The fourth-order valence-corrected chi connectivity index (χ4v) is 2.60. The molecular weight excluding hydrogens is 274 g/mol. The highest BCUT2D eigenvalue weighted by Crippen LogP contribution is 2.20. The molecule has 5 heteroatoms. The van der Waals surface area contributed by atoms with E-state index >= 15 is 0 Å². The van der Waals surface area contributed by atoms with Crippen molar-refractivity contribution >= 4 is 23.2 Å². The molecule has 1 heterocycles. The van der Waals surface area contributed by atoms with Crippen LogP contribution >= 0.6 is 11.6 Å². The normalized spacial score (nSPS) is 15.5. The average Bonchev–Trinajstić information content (AvgIpc) is 2.47. The van der Waals surface area contributed by atoms with Gasteiger partial charge < -0.3 is 15.1 Å². The summed E-state index contributed by atoms with van der Waals surface area (Å²) in [5, 5.41) is 3.94. The van der Waals surface area contributed by atoms with E-state index in [0.29, 0.717) is 6.42 Å². The number of hydrogen-bond acceptors (Lipinski definition) is 3. The summed E-state index contributed by atoms with van der Waals surface area (Å²) in [6, 6.07) is 7.88. The molecule has 2 rings (SSSR count). The summed E-state index contributed by atoms with van der Waals surface area (Å²) in [6.07, 6.45) is 0.588. The molecule has 0 aromatic heterocycles. The minimum absolute atomic E-state index is 0.247. The first-order valence-corrected chi connectivity index (χ1v) is 7.57. The van der Waals surface area contributed by atoms with Crippen LogP contribution in [0.15, 0.2) is 24.3 Å². The summed E-state index contributed by atoms with van der Waals surface area (Å²) in [4.78, 5) is 16.3. The topological polar surface area (TPSA) is 35.6 Å². The minimum Gasteiger partial charge on any atom is -0.368 e. The van der Waals surface area contributed by atoms with Crippen LogP contribution in [0, 0.1) is 0 Å². The highest BCUT2D eigenvalue weighted by molar-refractivity contribution is 6.30. The fraction of sp³-hybridized carbons (Fsp3) is 0.533. The maximum absolute atomic E-state index is 12.0. The number of carbonyl (C=O) groups excluding carboxylic acids is 1. The van der Waals surface area contributed by atoms with E-state index in [-0.39, 0.29) is 5.91 Å². The average molecular weight is 296 g/mol. The quantitative estimate of drug-likeness (QED) is 0.844. The number of rotatable bonds is 5. The Morgan fingerprint density at radius 1 is 1.30 bits per heavy atom. The Labute approximate surface area is 125 Å². The van der Waals surface area contributed by atoms with E-state index in [4.69, 9.17) is 11.6 Å². The Morgan fingerprint density at radius 2 is 2.05 bits per heavy atom. The first kappa shape index (κ1) is 15.1. The molecule has 0 spiro atoms. The Balaban J connectivity index is 1.81. The molecule has 1 amide bonds. The predicted molar refractivity (Wildman–Crippen MR) is 83.4 cm³/mol. The van der Waals surface area contributed by atoms with Gasteiger partial charge in [0.05, 0.1) is 0 Å². The van der Waals surface area contributed by atoms with Gasteiger partial charge in [0.15, 0.2) is 0 Å². The largest absolute Gasteiger partial charge is 0.368 e. The summed E-state index contributed by atoms with van der Waals surface area (Å²) < 4.78 is 0. The lowest BCUT2D eigenvalue weighted by Crippen LogP contribution is -2.49. The van der Waals surface area contributed by atoms with E-state index in [1.807, 2.05) is 30.0 Å². The highest BCUT2D eigenvalue weighted by Gasteiger charge is 2.20. The van der Waals surface area contributed by atoms with Gasteiger partial charge in [-0.15, -0.1) is 0 Å².